The Kier molecular flexibility index (Phi) is 5.26. The minimum absolute atomic E-state index is 0.0665. The van der Waals surface area contributed by atoms with Gasteiger partial charge in [0.25, 0.3) is 0 Å². The van der Waals surface area contributed by atoms with Crippen LogP contribution >= 0.6 is 0 Å². The Morgan fingerprint density at radius 2 is 1.44 bits per heavy atom. The van der Waals surface area contributed by atoms with Crippen molar-refractivity contribution in [3.63, 3.8) is 0 Å². The molecule has 0 N–H and O–H groups in total. The fourth-order valence-corrected chi connectivity index (χ4v) is 2.11. The van der Waals surface area contributed by atoms with E-state index in [1.54, 1.807) is 12.1 Å². The minimum atomic E-state index is -4.90. The van der Waals surface area contributed by atoms with Crippen molar-refractivity contribution in [1.29, 1.82) is 5.26 Å². The van der Waals surface area contributed by atoms with Crippen molar-refractivity contribution in [2.45, 2.75) is 25.4 Å². The fraction of sp³-hybridized carbons (Fsp3) is 0.235. The molecule has 0 spiro atoms. The molecule has 0 fully saturated rings. The summed E-state index contributed by atoms with van der Waals surface area (Å²) >= 11 is 0. The van der Waals surface area contributed by atoms with Gasteiger partial charge in [0.05, 0.1) is 23.6 Å². The van der Waals surface area contributed by atoms with Crippen LogP contribution in [0.2, 0.25) is 0 Å². The number of hydrogen-bond donors (Lipinski definition) is 0. The molecule has 2 aromatic carbocycles. The predicted molar refractivity (Wildman–Crippen MR) is 76.5 cm³/mol. The molecule has 0 aliphatic heterocycles. The molecule has 2 nitrogen and oxygen atoms in total. The molecule has 0 saturated heterocycles. The Labute approximate surface area is 139 Å². The maximum absolute atomic E-state index is 12.8. The number of nitrogens with zero attached hydrogens (tertiary/aromatic N) is 1. The van der Waals surface area contributed by atoms with E-state index in [0.717, 1.165) is 0 Å². The quantitative estimate of drug-likeness (QED) is 0.688. The van der Waals surface area contributed by atoms with Gasteiger partial charge in [-0.25, -0.2) is 0 Å². The molecule has 0 aliphatic rings. The molecule has 132 valence electrons. The lowest BCUT2D eigenvalue weighted by Gasteiger charge is -2.15. The first-order valence-electron chi connectivity index (χ1n) is 6.96. The summed E-state index contributed by atoms with van der Waals surface area (Å²) in [5.74, 6) is 0.249. The van der Waals surface area contributed by atoms with E-state index in [1.165, 1.54) is 12.1 Å². The molecular weight excluding hydrogens is 348 g/mol. The number of alkyl halides is 6. The molecule has 25 heavy (non-hydrogen) atoms. The second kappa shape index (κ2) is 7.05. The van der Waals surface area contributed by atoms with Gasteiger partial charge < -0.3 is 4.74 Å². The van der Waals surface area contributed by atoms with E-state index < -0.39 is 30.1 Å². The minimum Gasteiger partial charge on any atom is -0.489 e. The number of ether oxygens (including phenoxy) is 1. The summed E-state index contributed by atoms with van der Waals surface area (Å²) < 4.78 is 82.1. The largest absolute Gasteiger partial charge is 0.489 e. The van der Waals surface area contributed by atoms with Crippen molar-refractivity contribution >= 4 is 0 Å². The summed E-state index contributed by atoms with van der Waals surface area (Å²) in [7, 11) is 0. The fourth-order valence-electron chi connectivity index (χ4n) is 2.11. The summed E-state index contributed by atoms with van der Waals surface area (Å²) in [6.45, 7) is -0.469. The van der Waals surface area contributed by atoms with Crippen LogP contribution in [0.1, 0.15) is 22.3 Å². The Morgan fingerprint density at radius 3 is 1.96 bits per heavy atom. The summed E-state index contributed by atoms with van der Waals surface area (Å²) in [5, 5.41) is 8.63. The number of nitriles is 1. The van der Waals surface area contributed by atoms with Crippen LogP contribution in [-0.4, -0.2) is 0 Å². The molecule has 0 bridgehead atoms. The lowest BCUT2D eigenvalue weighted by Crippen LogP contribution is -2.12. The van der Waals surface area contributed by atoms with E-state index in [-0.39, 0.29) is 23.8 Å². The van der Waals surface area contributed by atoms with Crippen molar-refractivity contribution in [3.8, 4) is 11.8 Å². The van der Waals surface area contributed by atoms with Gasteiger partial charge in [-0.1, -0.05) is 12.1 Å². The zero-order chi connectivity index (χ0) is 18.7. The monoisotopic (exact) mass is 359 g/mol. The Balaban J connectivity index is 2.27. The van der Waals surface area contributed by atoms with Crippen molar-refractivity contribution in [3.05, 3.63) is 64.7 Å². The van der Waals surface area contributed by atoms with Crippen LogP contribution in [0.25, 0.3) is 0 Å². The zero-order valence-electron chi connectivity index (χ0n) is 12.6. The second-order valence-corrected chi connectivity index (χ2v) is 5.19. The Morgan fingerprint density at radius 1 is 0.840 bits per heavy atom. The van der Waals surface area contributed by atoms with Crippen LogP contribution in [0.3, 0.4) is 0 Å². The lowest BCUT2D eigenvalue weighted by atomic mass is 10.1. The summed E-state index contributed by atoms with van der Waals surface area (Å²) in [6, 6.07) is 9.47. The van der Waals surface area contributed by atoms with Crippen molar-refractivity contribution in [1.82, 2.24) is 0 Å². The van der Waals surface area contributed by atoms with Gasteiger partial charge in [-0.05, 0) is 41.5 Å². The molecule has 2 rings (SSSR count). The first kappa shape index (κ1) is 18.6. The van der Waals surface area contributed by atoms with Crippen LogP contribution in [0.15, 0.2) is 42.5 Å². The van der Waals surface area contributed by atoms with Crippen LogP contribution in [0.4, 0.5) is 26.3 Å². The van der Waals surface area contributed by atoms with Gasteiger partial charge in [-0.2, -0.15) is 31.6 Å². The third-order valence-electron chi connectivity index (χ3n) is 3.23. The van der Waals surface area contributed by atoms with E-state index >= 15 is 0 Å². The molecule has 0 atom stereocenters. The summed E-state index contributed by atoms with van der Waals surface area (Å²) in [4.78, 5) is 0. The third-order valence-corrected chi connectivity index (χ3v) is 3.23. The highest BCUT2D eigenvalue weighted by Gasteiger charge is 2.36. The van der Waals surface area contributed by atoms with Gasteiger partial charge in [0.2, 0.25) is 0 Å². The first-order valence-corrected chi connectivity index (χ1v) is 6.96. The van der Waals surface area contributed by atoms with Crippen LogP contribution < -0.4 is 4.74 Å². The van der Waals surface area contributed by atoms with E-state index in [0.29, 0.717) is 17.7 Å². The molecule has 0 saturated carbocycles. The van der Waals surface area contributed by atoms with Gasteiger partial charge in [0.15, 0.2) is 0 Å². The van der Waals surface area contributed by atoms with Gasteiger partial charge in [0, 0.05) is 0 Å². The molecule has 0 unspecified atom stereocenters. The van der Waals surface area contributed by atoms with E-state index in [9.17, 15) is 26.3 Å². The highest BCUT2D eigenvalue weighted by atomic mass is 19.4. The number of hydrogen-bond acceptors (Lipinski definition) is 2. The van der Waals surface area contributed by atoms with Crippen molar-refractivity contribution in [2.75, 3.05) is 0 Å². The van der Waals surface area contributed by atoms with Crippen LogP contribution in [0.5, 0.6) is 5.75 Å². The number of halogens is 6. The standard InChI is InChI=1S/C17H11F6NO/c18-16(19,20)13-6-12(7-14(9-13)17(21,22)23)10-25-15-3-1-2-11(8-15)4-5-24/h1-3,6-9H,4,10H2. The molecule has 0 heterocycles. The SMILES string of the molecule is N#CCc1cccc(OCc2cc(C(F)(F)F)cc(C(F)(F)F)c2)c1. The first-order chi connectivity index (χ1) is 11.6. The normalized spacial score (nSPS) is 11.9. The van der Waals surface area contributed by atoms with E-state index in [4.69, 9.17) is 10.00 Å². The van der Waals surface area contributed by atoms with Crippen molar-refractivity contribution < 1.29 is 31.1 Å². The Hall–Kier alpha value is -2.69. The van der Waals surface area contributed by atoms with Gasteiger partial charge in [-0.3, -0.25) is 0 Å². The summed E-state index contributed by atoms with van der Waals surface area (Å²) in [5.41, 5.74) is -2.41. The molecule has 0 aromatic heterocycles. The second-order valence-electron chi connectivity index (χ2n) is 5.19. The molecular formula is C17H11F6NO. The average molecular weight is 359 g/mol. The maximum Gasteiger partial charge on any atom is 0.416 e. The highest BCUT2D eigenvalue weighted by molar-refractivity contribution is 5.34. The van der Waals surface area contributed by atoms with Gasteiger partial charge >= 0.3 is 12.4 Å². The smallest absolute Gasteiger partial charge is 0.416 e. The van der Waals surface area contributed by atoms with Crippen LogP contribution in [0, 0.1) is 11.3 Å². The van der Waals surface area contributed by atoms with E-state index in [2.05, 4.69) is 0 Å². The van der Waals surface area contributed by atoms with Gasteiger partial charge in [-0.15, -0.1) is 0 Å². The zero-order valence-corrected chi connectivity index (χ0v) is 12.6. The van der Waals surface area contributed by atoms with E-state index in [1.807, 2.05) is 6.07 Å². The molecule has 0 aliphatic carbocycles. The molecule has 0 radical (unpaired) electrons. The summed E-state index contributed by atoms with van der Waals surface area (Å²) in [6.07, 6.45) is -9.69. The Bertz CT molecular complexity index is 757. The molecule has 0 amide bonds. The molecule has 8 heteroatoms. The maximum atomic E-state index is 12.8. The predicted octanol–water partition coefficient (Wildman–Crippen LogP) is 5.37. The third kappa shape index (κ3) is 5.14. The number of benzene rings is 2. The van der Waals surface area contributed by atoms with Crippen LogP contribution in [-0.2, 0) is 25.4 Å². The number of rotatable bonds is 4. The molecule has 2 aromatic rings. The van der Waals surface area contributed by atoms with Crippen molar-refractivity contribution in [2.24, 2.45) is 0 Å². The lowest BCUT2D eigenvalue weighted by molar-refractivity contribution is -0.143. The van der Waals surface area contributed by atoms with Gasteiger partial charge in [0.1, 0.15) is 12.4 Å². The average Bonchev–Trinajstić information content (AvgIpc) is 2.52. The highest BCUT2D eigenvalue weighted by Crippen LogP contribution is 2.36. The topological polar surface area (TPSA) is 33.0 Å².